The van der Waals surface area contributed by atoms with E-state index < -0.39 is 0 Å². The minimum atomic E-state index is -0.203. The number of nitrogens with one attached hydrogen (secondary N) is 2. The van der Waals surface area contributed by atoms with Crippen LogP contribution >= 0.6 is 0 Å². The number of anilines is 2. The summed E-state index contributed by atoms with van der Waals surface area (Å²) >= 11 is 0. The topological polar surface area (TPSA) is 103 Å². The van der Waals surface area contributed by atoms with E-state index in [0.717, 1.165) is 30.9 Å². The van der Waals surface area contributed by atoms with E-state index in [1.165, 1.54) is 11.1 Å². The number of hydrogen-bond acceptors (Lipinski definition) is 7. The van der Waals surface area contributed by atoms with Gasteiger partial charge in [-0.15, -0.1) is 6.58 Å². The van der Waals surface area contributed by atoms with Crippen LogP contribution in [0.4, 0.5) is 11.6 Å². The van der Waals surface area contributed by atoms with Crippen LogP contribution in [-0.2, 0) is 24.9 Å². The van der Waals surface area contributed by atoms with Crippen molar-refractivity contribution in [3.05, 3.63) is 76.6 Å². The lowest BCUT2D eigenvalue weighted by molar-refractivity contribution is 0.550. The van der Waals surface area contributed by atoms with Crippen molar-refractivity contribution >= 4 is 22.7 Å². The van der Waals surface area contributed by atoms with Crippen LogP contribution in [0.1, 0.15) is 37.6 Å². The third kappa shape index (κ3) is 3.99. The van der Waals surface area contributed by atoms with Gasteiger partial charge in [0.15, 0.2) is 11.5 Å². The second kappa shape index (κ2) is 8.49. The van der Waals surface area contributed by atoms with E-state index in [2.05, 4.69) is 60.1 Å². The number of benzene rings is 1. The van der Waals surface area contributed by atoms with Gasteiger partial charge in [0.25, 0.3) is 5.56 Å². The minimum absolute atomic E-state index is 0.195. The van der Waals surface area contributed by atoms with Gasteiger partial charge in [-0.2, -0.15) is 4.98 Å². The van der Waals surface area contributed by atoms with Crippen LogP contribution in [-0.4, -0.2) is 35.8 Å². The van der Waals surface area contributed by atoms with Crippen molar-refractivity contribution in [3.8, 4) is 5.82 Å². The standard InChI is InChI=1S/C25H28N8O/c1-5-10-32-23(34)19-13-28-24(29-18-7-6-17-12-26-9-8-16(17)11-18)31-22(19)33(32)21-15-27-14-20(30-21)25(2,3)4/h5-7,11,13-15,26H,1,8-10,12H2,2-4H3,(H,28,29,31). The molecule has 0 spiro atoms. The summed E-state index contributed by atoms with van der Waals surface area (Å²) in [5.41, 5.74) is 4.42. The fraction of sp³-hybridized carbons (Fsp3) is 0.320. The highest BCUT2D eigenvalue weighted by Crippen LogP contribution is 2.24. The zero-order valence-electron chi connectivity index (χ0n) is 19.7. The lowest BCUT2D eigenvalue weighted by atomic mass is 9.93. The van der Waals surface area contributed by atoms with Crippen molar-refractivity contribution in [2.75, 3.05) is 11.9 Å². The Bertz CT molecular complexity index is 1440. The smallest absolute Gasteiger partial charge is 0.278 e. The maximum absolute atomic E-state index is 13.2. The third-order valence-electron chi connectivity index (χ3n) is 5.93. The molecule has 5 rings (SSSR count). The molecule has 0 radical (unpaired) electrons. The quantitative estimate of drug-likeness (QED) is 0.445. The summed E-state index contributed by atoms with van der Waals surface area (Å²) in [7, 11) is 0. The molecule has 34 heavy (non-hydrogen) atoms. The largest absolute Gasteiger partial charge is 0.324 e. The van der Waals surface area contributed by atoms with Gasteiger partial charge in [0.1, 0.15) is 5.39 Å². The number of hydrogen-bond donors (Lipinski definition) is 2. The third-order valence-corrected chi connectivity index (χ3v) is 5.93. The van der Waals surface area contributed by atoms with E-state index in [-0.39, 0.29) is 11.0 Å². The van der Waals surface area contributed by atoms with E-state index in [9.17, 15) is 4.79 Å². The maximum Gasteiger partial charge on any atom is 0.278 e. The molecule has 0 bridgehead atoms. The van der Waals surface area contributed by atoms with Crippen LogP contribution in [0, 0.1) is 0 Å². The van der Waals surface area contributed by atoms with Gasteiger partial charge in [0.05, 0.1) is 18.4 Å². The zero-order valence-corrected chi connectivity index (χ0v) is 19.7. The van der Waals surface area contributed by atoms with Crippen molar-refractivity contribution in [2.45, 2.75) is 45.7 Å². The molecule has 1 aliphatic rings. The molecule has 0 aliphatic carbocycles. The molecule has 9 heteroatoms. The predicted molar refractivity (Wildman–Crippen MR) is 133 cm³/mol. The average Bonchev–Trinajstić information content (AvgIpc) is 3.10. The molecule has 2 N–H and O–H groups in total. The van der Waals surface area contributed by atoms with Gasteiger partial charge in [-0.3, -0.25) is 9.78 Å². The highest BCUT2D eigenvalue weighted by molar-refractivity contribution is 5.77. The van der Waals surface area contributed by atoms with Crippen LogP contribution in [0.2, 0.25) is 0 Å². The molecule has 174 valence electrons. The highest BCUT2D eigenvalue weighted by Gasteiger charge is 2.21. The summed E-state index contributed by atoms with van der Waals surface area (Å²) in [5, 5.41) is 7.09. The molecule has 1 aromatic carbocycles. The molecular formula is C25H28N8O. The van der Waals surface area contributed by atoms with Crippen LogP contribution < -0.4 is 16.2 Å². The summed E-state index contributed by atoms with van der Waals surface area (Å²) in [6.07, 6.45) is 7.61. The molecule has 9 nitrogen and oxygen atoms in total. The monoisotopic (exact) mass is 456 g/mol. The van der Waals surface area contributed by atoms with Crippen LogP contribution in [0.15, 0.2) is 54.2 Å². The molecule has 0 unspecified atom stereocenters. The van der Waals surface area contributed by atoms with E-state index in [1.54, 1.807) is 34.0 Å². The van der Waals surface area contributed by atoms with Crippen LogP contribution in [0.5, 0.6) is 0 Å². The van der Waals surface area contributed by atoms with E-state index in [0.29, 0.717) is 29.3 Å². The number of allylic oxidation sites excluding steroid dienone is 1. The number of rotatable bonds is 5. The second-order valence-corrected chi connectivity index (χ2v) is 9.47. The Balaban J connectivity index is 1.62. The summed E-state index contributed by atoms with van der Waals surface area (Å²) in [5.74, 6) is 0.929. The minimum Gasteiger partial charge on any atom is -0.324 e. The Labute approximate surface area is 197 Å². The first-order valence-corrected chi connectivity index (χ1v) is 11.4. The van der Waals surface area contributed by atoms with Gasteiger partial charge in [0, 0.05) is 30.0 Å². The predicted octanol–water partition coefficient (Wildman–Crippen LogP) is 3.25. The SMILES string of the molecule is C=CCn1c(=O)c2cnc(Nc3ccc4c(c3)CCNC4)nc2n1-c1cncc(C(C)(C)C)n1. The van der Waals surface area contributed by atoms with Gasteiger partial charge in [-0.25, -0.2) is 19.3 Å². The number of aromatic nitrogens is 6. The van der Waals surface area contributed by atoms with Gasteiger partial charge in [-0.1, -0.05) is 32.9 Å². The Morgan fingerprint density at radius 3 is 2.82 bits per heavy atom. The fourth-order valence-electron chi connectivity index (χ4n) is 4.11. The molecule has 1 aliphatic heterocycles. The Morgan fingerprint density at radius 2 is 2.03 bits per heavy atom. The van der Waals surface area contributed by atoms with E-state index in [4.69, 9.17) is 9.97 Å². The van der Waals surface area contributed by atoms with Gasteiger partial charge < -0.3 is 10.6 Å². The Kier molecular flexibility index (Phi) is 5.49. The molecule has 4 aromatic rings. The summed E-state index contributed by atoms with van der Waals surface area (Å²) in [4.78, 5) is 31.5. The summed E-state index contributed by atoms with van der Waals surface area (Å²) in [6.45, 7) is 12.2. The normalized spacial score (nSPS) is 13.6. The zero-order chi connectivity index (χ0) is 23.9. The van der Waals surface area contributed by atoms with Gasteiger partial charge >= 0.3 is 0 Å². The molecule has 0 atom stereocenters. The van der Waals surface area contributed by atoms with Crippen molar-refractivity contribution in [2.24, 2.45) is 0 Å². The van der Waals surface area contributed by atoms with E-state index >= 15 is 0 Å². The van der Waals surface area contributed by atoms with Crippen LogP contribution in [0.25, 0.3) is 16.9 Å². The fourth-order valence-corrected chi connectivity index (χ4v) is 4.11. The summed E-state index contributed by atoms with van der Waals surface area (Å²) in [6, 6.07) is 6.28. The second-order valence-electron chi connectivity index (χ2n) is 9.47. The van der Waals surface area contributed by atoms with Crippen molar-refractivity contribution in [1.82, 2.24) is 34.6 Å². The molecule has 4 heterocycles. The Hall–Kier alpha value is -3.85. The van der Waals surface area contributed by atoms with Crippen molar-refractivity contribution in [1.29, 1.82) is 0 Å². The maximum atomic E-state index is 13.2. The average molecular weight is 457 g/mol. The molecule has 0 saturated heterocycles. The van der Waals surface area contributed by atoms with Crippen molar-refractivity contribution < 1.29 is 0 Å². The van der Waals surface area contributed by atoms with Crippen LogP contribution in [0.3, 0.4) is 0 Å². The van der Waals surface area contributed by atoms with E-state index in [1.807, 2.05) is 6.07 Å². The lowest BCUT2D eigenvalue weighted by Crippen LogP contribution is -2.23. The number of nitrogens with zero attached hydrogens (tertiary/aromatic N) is 6. The molecule has 3 aromatic heterocycles. The summed E-state index contributed by atoms with van der Waals surface area (Å²) < 4.78 is 3.26. The molecule has 0 fully saturated rings. The first kappa shape index (κ1) is 22.0. The van der Waals surface area contributed by atoms with Gasteiger partial charge in [0.2, 0.25) is 5.95 Å². The number of fused-ring (bicyclic) bond motifs is 2. The highest BCUT2D eigenvalue weighted by atomic mass is 16.1. The first-order chi connectivity index (χ1) is 16.3. The van der Waals surface area contributed by atoms with Gasteiger partial charge in [-0.05, 0) is 36.2 Å². The molecule has 0 amide bonds. The molecule has 0 saturated carbocycles. The molecular weight excluding hydrogens is 428 g/mol. The lowest BCUT2D eigenvalue weighted by Gasteiger charge is -2.19. The first-order valence-electron chi connectivity index (χ1n) is 11.4. The van der Waals surface area contributed by atoms with Crippen molar-refractivity contribution in [3.63, 3.8) is 0 Å². The Morgan fingerprint density at radius 1 is 1.18 bits per heavy atom.